The molecule has 4 aromatic carbocycles. The van der Waals surface area contributed by atoms with Gasteiger partial charge in [-0.15, -0.1) is 0 Å². The number of amides is 1. The number of sulfonamides is 1. The van der Waals surface area contributed by atoms with E-state index in [4.69, 9.17) is 10.2 Å². The number of halogens is 4. The van der Waals surface area contributed by atoms with Crippen LogP contribution in [0.5, 0.6) is 0 Å². The van der Waals surface area contributed by atoms with E-state index in [2.05, 4.69) is 10.6 Å². The van der Waals surface area contributed by atoms with Crippen LogP contribution in [-0.2, 0) is 21.2 Å². The first kappa shape index (κ1) is 33.3. The first-order valence-corrected chi connectivity index (χ1v) is 16.7. The molecule has 4 N–H and O–H groups in total. The highest BCUT2D eigenvalue weighted by Crippen LogP contribution is 2.32. The quantitative estimate of drug-likeness (QED) is 0.164. The Labute approximate surface area is 274 Å². The van der Waals surface area contributed by atoms with Crippen molar-refractivity contribution in [2.45, 2.75) is 35.9 Å². The first-order valence-electron chi connectivity index (χ1n) is 15.3. The number of fused-ring (bicyclic) bond motifs is 1. The Bertz CT molecular complexity index is 2000. The van der Waals surface area contributed by atoms with Crippen molar-refractivity contribution in [1.82, 2.24) is 9.62 Å². The Morgan fingerprint density at radius 2 is 1.65 bits per heavy atom. The zero-order valence-electron chi connectivity index (χ0n) is 25.5. The molecule has 8 nitrogen and oxygen atoms in total. The van der Waals surface area contributed by atoms with Crippen molar-refractivity contribution in [2.75, 3.05) is 25.0 Å². The molecule has 1 fully saturated rings. The smallest absolute Gasteiger partial charge is 0.276 e. The molecule has 1 aromatic heterocycles. The number of hydrogen-bond donors (Lipinski definition) is 3. The van der Waals surface area contributed by atoms with Crippen molar-refractivity contribution < 1.29 is 35.2 Å². The fraction of sp³-hybridized carbons (Fsp3) is 0.229. The van der Waals surface area contributed by atoms with Crippen LogP contribution in [0.2, 0.25) is 0 Å². The monoisotopic (exact) mass is 680 g/mol. The van der Waals surface area contributed by atoms with Gasteiger partial charge in [-0.05, 0) is 66.4 Å². The predicted octanol–water partition coefficient (Wildman–Crippen LogP) is 5.68. The number of nitrogens with zero attached hydrogens (tertiary/aromatic N) is 1. The standard InChI is InChI=1S/C35H32F4N4O4S/c36-24-10-8-21(9-11-24)33(23-16-25(37)19-26(38)17-23)34(40)35(44)42-30-6-3-5-29(39)28(30)13-12-27-20-41-14-15-43(27)48(45,46)32-18-22-4-1-2-7-31(22)47-32/h1-11,16-19,27,33-34,41H,12-15,20,40H2,(H,42,44)/t27?,33-,34-/m0/s1. The van der Waals surface area contributed by atoms with Gasteiger partial charge in [0.15, 0.2) is 0 Å². The minimum Gasteiger partial charge on any atom is -0.443 e. The average molecular weight is 681 g/mol. The second kappa shape index (κ2) is 13.9. The van der Waals surface area contributed by atoms with Crippen LogP contribution in [-0.4, -0.2) is 50.3 Å². The molecule has 3 atom stereocenters. The molecule has 1 aliphatic heterocycles. The minimum atomic E-state index is -4.03. The number of piperazine rings is 1. The van der Waals surface area contributed by atoms with Gasteiger partial charge in [0.25, 0.3) is 10.0 Å². The maximum absolute atomic E-state index is 15.3. The van der Waals surface area contributed by atoms with E-state index in [-0.39, 0.29) is 41.3 Å². The lowest BCUT2D eigenvalue weighted by atomic mass is 9.84. The number of para-hydroxylation sites is 1. The molecular weight excluding hydrogens is 648 g/mol. The van der Waals surface area contributed by atoms with Crippen LogP contribution in [0.15, 0.2) is 101 Å². The molecule has 0 spiro atoms. The number of rotatable bonds is 10. The zero-order valence-corrected chi connectivity index (χ0v) is 26.3. The topological polar surface area (TPSA) is 118 Å². The summed E-state index contributed by atoms with van der Waals surface area (Å²) < 4.78 is 91.9. The second-order valence-corrected chi connectivity index (χ2v) is 13.5. The van der Waals surface area contributed by atoms with Gasteiger partial charge in [-0.2, -0.15) is 4.31 Å². The van der Waals surface area contributed by atoms with E-state index >= 15 is 4.39 Å². The number of anilines is 1. The Morgan fingerprint density at radius 1 is 0.917 bits per heavy atom. The molecule has 0 aliphatic carbocycles. The number of nitrogens with two attached hydrogens (primary N) is 1. The van der Waals surface area contributed by atoms with Gasteiger partial charge in [0.2, 0.25) is 11.0 Å². The molecule has 1 unspecified atom stereocenters. The summed E-state index contributed by atoms with van der Waals surface area (Å²) in [6.45, 7) is 0.897. The van der Waals surface area contributed by atoms with Crippen LogP contribution in [0.3, 0.4) is 0 Å². The van der Waals surface area contributed by atoms with Crippen molar-refractivity contribution in [3.8, 4) is 0 Å². The summed E-state index contributed by atoms with van der Waals surface area (Å²) in [7, 11) is -4.03. The van der Waals surface area contributed by atoms with Gasteiger partial charge in [0, 0.05) is 60.4 Å². The van der Waals surface area contributed by atoms with Crippen molar-refractivity contribution in [3.05, 3.63) is 131 Å². The van der Waals surface area contributed by atoms with E-state index in [9.17, 15) is 26.4 Å². The van der Waals surface area contributed by atoms with E-state index in [1.165, 1.54) is 40.7 Å². The highest BCUT2D eigenvalue weighted by molar-refractivity contribution is 7.89. The average Bonchev–Trinajstić information content (AvgIpc) is 3.51. The van der Waals surface area contributed by atoms with Gasteiger partial charge in [0.1, 0.15) is 28.9 Å². The lowest BCUT2D eigenvalue weighted by Crippen LogP contribution is -2.53. The van der Waals surface area contributed by atoms with Crippen LogP contribution in [0.4, 0.5) is 23.2 Å². The second-order valence-electron chi connectivity index (χ2n) is 11.6. The van der Waals surface area contributed by atoms with Crippen molar-refractivity contribution in [2.24, 2.45) is 5.73 Å². The van der Waals surface area contributed by atoms with Gasteiger partial charge in [-0.3, -0.25) is 4.79 Å². The number of nitrogens with one attached hydrogen (secondary N) is 2. The third-order valence-corrected chi connectivity index (χ3v) is 10.3. The maximum Gasteiger partial charge on any atom is 0.276 e. The zero-order chi connectivity index (χ0) is 34.0. The SMILES string of the molecule is N[C@H](C(=O)Nc1cccc(F)c1CCC1CNCCN1S(=O)(=O)c1cc2ccccc2o1)[C@@H](c1ccc(F)cc1)c1cc(F)cc(F)c1. The van der Waals surface area contributed by atoms with Crippen LogP contribution in [0, 0.1) is 23.3 Å². The van der Waals surface area contributed by atoms with E-state index in [0.717, 1.165) is 24.3 Å². The van der Waals surface area contributed by atoms with Crippen LogP contribution in [0.1, 0.15) is 29.0 Å². The molecule has 250 valence electrons. The van der Waals surface area contributed by atoms with E-state index < -0.39 is 57.2 Å². The van der Waals surface area contributed by atoms with Crippen molar-refractivity contribution in [1.29, 1.82) is 0 Å². The Kier molecular flexibility index (Phi) is 9.65. The normalized spacial score (nSPS) is 16.9. The highest BCUT2D eigenvalue weighted by atomic mass is 32.2. The summed E-state index contributed by atoms with van der Waals surface area (Å²) in [5.41, 5.74) is 7.46. The summed E-state index contributed by atoms with van der Waals surface area (Å²) >= 11 is 0. The number of benzene rings is 4. The van der Waals surface area contributed by atoms with Crippen LogP contribution >= 0.6 is 0 Å². The van der Waals surface area contributed by atoms with E-state index in [1.807, 2.05) is 0 Å². The third kappa shape index (κ3) is 6.99. The predicted molar refractivity (Wildman–Crippen MR) is 173 cm³/mol. The summed E-state index contributed by atoms with van der Waals surface area (Å²) in [5.74, 6) is -4.81. The summed E-state index contributed by atoms with van der Waals surface area (Å²) in [6, 6.07) is 18.4. The van der Waals surface area contributed by atoms with Gasteiger partial charge < -0.3 is 20.8 Å². The molecule has 6 rings (SSSR count). The lowest BCUT2D eigenvalue weighted by molar-refractivity contribution is -0.117. The molecule has 2 heterocycles. The number of hydrogen-bond acceptors (Lipinski definition) is 6. The molecule has 0 saturated carbocycles. The Balaban J connectivity index is 1.23. The molecule has 0 bridgehead atoms. The van der Waals surface area contributed by atoms with Crippen molar-refractivity contribution >= 4 is 32.6 Å². The van der Waals surface area contributed by atoms with Gasteiger partial charge in [-0.25, -0.2) is 26.0 Å². The molecule has 5 aromatic rings. The van der Waals surface area contributed by atoms with E-state index in [0.29, 0.717) is 35.7 Å². The van der Waals surface area contributed by atoms with Crippen molar-refractivity contribution in [3.63, 3.8) is 0 Å². The molecular formula is C35H32F4N4O4S. The van der Waals surface area contributed by atoms with Crippen LogP contribution in [0.25, 0.3) is 11.0 Å². The number of furan rings is 1. The fourth-order valence-electron chi connectivity index (χ4n) is 6.15. The molecule has 1 amide bonds. The molecule has 0 radical (unpaired) electrons. The first-order chi connectivity index (χ1) is 23.0. The van der Waals surface area contributed by atoms with Gasteiger partial charge in [-0.1, -0.05) is 36.4 Å². The Hall–Kier alpha value is -4.56. The summed E-state index contributed by atoms with van der Waals surface area (Å²) in [5, 5.41) is 6.31. The van der Waals surface area contributed by atoms with Crippen LogP contribution < -0.4 is 16.4 Å². The highest BCUT2D eigenvalue weighted by Gasteiger charge is 2.36. The molecule has 1 saturated heterocycles. The van der Waals surface area contributed by atoms with Gasteiger partial charge in [0.05, 0.1) is 6.04 Å². The summed E-state index contributed by atoms with van der Waals surface area (Å²) in [4.78, 5) is 13.6. The van der Waals surface area contributed by atoms with E-state index in [1.54, 1.807) is 24.3 Å². The number of carbonyl (C=O) groups excluding carboxylic acids is 1. The van der Waals surface area contributed by atoms with Gasteiger partial charge >= 0.3 is 0 Å². The number of carbonyl (C=O) groups is 1. The summed E-state index contributed by atoms with van der Waals surface area (Å²) in [6.07, 6.45) is 0.246. The largest absolute Gasteiger partial charge is 0.443 e. The lowest BCUT2D eigenvalue weighted by Gasteiger charge is -2.34. The Morgan fingerprint density at radius 3 is 2.38 bits per heavy atom. The molecule has 13 heteroatoms. The third-order valence-electron chi connectivity index (χ3n) is 8.50. The molecule has 48 heavy (non-hydrogen) atoms. The minimum absolute atomic E-state index is 0.0481. The fourth-order valence-corrected chi connectivity index (χ4v) is 7.75. The maximum atomic E-state index is 15.3. The molecule has 1 aliphatic rings.